The minimum absolute atomic E-state index is 0.136. The molecular weight excluding hydrogens is 412 g/mol. The molecule has 1 aliphatic heterocycles. The highest BCUT2D eigenvalue weighted by atomic mass is 32.1. The van der Waals surface area contributed by atoms with Crippen molar-refractivity contribution in [2.45, 2.75) is 19.9 Å². The number of benzene rings is 2. The van der Waals surface area contributed by atoms with E-state index < -0.39 is 0 Å². The highest BCUT2D eigenvalue weighted by Crippen LogP contribution is 2.31. The zero-order valence-corrected chi connectivity index (χ0v) is 18.0. The van der Waals surface area contributed by atoms with Crippen molar-refractivity contribution in [2.75, 3.05) is 18.6 Å². The van der Waals surface area contributed by atoms with Crippen molar-refractivity contribution in [3.8, 4) is 17.0 Å². The number of carbonyl (C=O) groups is 1. The van der Waals surface area contributed by atoms with Crippen molar-refractivity contribution in [1.29, 1.82) is 0 Å². The molecule has 8 heteroatoms. The number of hydrogen-bond acceptors (Lipinski definition) is 6. The number of carbonyl (C=O) groups excluding carboxylic acids is 1. The lowest BCUT2D eigenvalue weighted by Crippen LogP contribution is -2.36. The van der Waals surface area contributed by atoms with Crippen LogP contribution in [0.4, 0.5) is 5.69 Å². The van der Waals surface area contributed by atoms with Crippen LogP contribution >= 0.6 is 11.3 Å². The first-order valence-electron chi connectivity index (χ1n) is 9.96. The fourth-order valence-electron chi connectivity index (χ4n) is 3.92. The maximum Gasteiger partial charge on any atom is 0.294 e. The Balaban J connectivity index is 1.57. The Kier molecular flexibility index (Phi) is 4.78. The topological polar surface area (TPSA) is 77.3 Å². The Bertz CT molecular complexity index is 1360. The Morgan fingerprint density at radius 1 is 1.16 bits per heavy atom. The predicted octanol–water partition coefficient (Wildman–Crippen LogP) is 3.43. The summed E-state index contributed by atoms with van der Waals surface area (Å²) in [6, 6.07) is 15.3. The van der Waals surface area contributed by atoms with Crippen LogP contribution in [0.15, 0.2) is 53.3 Å². The van der Waals surface area contributed by atoms with Crippen molar-refractivity contribution >= 4 is 33.1 Å². The number of thiazole rings is 1. The van der Waals surface area contributed by atoms with E-state index in [4.69, 9.17) is 4.74 Å². The quantitative estimate of drug-likeness (QED) is 0.494. The largest absolute Gasteiger partial charge is 0.497 e. The lowest BCUT2D eigenvalue weighted by atomic mass is 10.1. The van der Waals surface area contributed by atoms with Crippen LogP contribution in [0.3, 0.4) is 0 Å². The van der Waals surface area contributed by atoms with E-state index in [-0.39, 0.29) is 18.0 Å². The van der Waals surface area contributed by atoms with Gasteiger partial charge in [0.15, 0.2) is 5.52 Å². The van der Waals surface area contributed by atoms with E-state index in [0.29, 0.717) is 17.8 Å². The number of aryl methyl sites for hydroxylation is 1. The van der Waals surface area contributed by atoms with E-state index >= 15 is 0 Å². The van der Waals surface area contributed by atoms with Crippen LogP contribution in [0.1, 0.15) is 10.6 Å². The van der Waals surface area contributed by atoms with Gasteiger partial charge in [-0.15, -0.1) is 11.3 Å². The Hall–Kier alpha value is -3.52. The maximum absolute atomic E-state index is 13.1. The summed E-state index contributed by atoms with van der Waals surface area (Å²) < 4.78 is 7.21. The zero-order chi connectivity index (χ0) is 21.5. The summed E-state index contributed by atoms with van der Waals surface area (Å²) in [5.41, 5.74) is 3.51. The van der Waals surface area contributed by atoms with Gasteiger partial charge in [0.1, 0.15) is 18.0 Å². The molecule has 0 atom stereocenters. The highest BCUT2D eigenvalue weighted by molar-refractivity contribution is 7.19. The molecule has 3 heterocycles. The third kappa shape index (κ3) is 3.38. The van der Waals surface area contributed by atoms with Crippen LogP contribution in [0, 0.1) is 6.92 Å². The van der Waals surface area contributed by atoms with Crippen LogP contribution < -0.4 is 15.2 Å². The summed E-state index contributed by atoms with van der Waals surface area (Å²) in [5.74, 6) is 0.572. The van der Waals surface area contributed by atoms with Gasteiger partial charge in [-0.25, -0.2) is 9.67 Å². The van der Waals surface area contributed by atoms with Crippen LogP contribution in [0.25, 0.3) is 21.5 Å². The molecule has 0 fully saturated rings. The molecule has 1 amide bonds. The van der Waals surface area contributed by atoms with E-state index in [1.807, 2.05) is 55.5 Å². The van der Waals surface area contributed by atoms with Crippen LogP contribution in [0.2, 0.25) is 0 Å². The van der Waals surface area contributed by atoms with Crippen molar-refractivity contribution in [2.24, 2.45) is 0 Å². The Labute approximate surface area is 182 Å². The average molecular weight is 433 g/mol. The summed E-state index contributed by atoms with van der Waals surface area (Å²) >= 11 is 1.43. The molecule has 2 aromatic carbocycles. The normalized spacial score (nSPS) is 12.9. The van der Waals surface area contributed by atoms with Gasteiger partial charge >= 0.3 is 0 Å². The average Bonchev–Trinajstić information content (AvgIpc) is 3.39. The molecule has 0 saturated carbocycles. The van der Waals surface area contributed by atoms with Crippen molar-refractivity contribution in [1.82, 2.24) is 14.8 Å². The smallest absolute Gasteiger partial charge is 0.294 e. The molecule has 7 nitrogen and oxygen atoms in total. The summed E-state index contributed by atoms with van der Waals surface area (Å²) in [7, 11) is 1.61. The maximum atomic E-state index is 13.1. The van der Waals surface area contributed by atoms with Gasteiger partial charge in [0.2, 0.25) is 5.91 Å². The second-order valence-corrected chi connectivity index (χ2v) is 8.58. The molecule has 0 radical (unpaired) electrons. The third-order valence-electron chi connectivity index (χ3n) is 5.44. The van der Waals surface area contributed by atoms with Gasteiger partial charge in [-0.05, 0) is 49.2 Å². The highest BCUT2D eigenvalue weighted by Gasteiger charge is 2.26. The molecule has 31 heavy (non-hydrogen) atoms. The molecule has 0 spiro atoms. The second-order valence-electron chi connectivity index (χ2n) is 7.37. The number of hydrogen-bond donors (Lipinski definition) is 0. The van der Waals surface area contributed by atoms with Gasteiger partial charge in [-0.1, -0.05) is 18.2 Å². The van der Waals surface area contributed by atoms with Crippen LogP contribution in [-0.2, 0) is 17.8 Å². The fourth-order valence-corrected chi connectivity index (χ4v) is 4.84. The van der Waals surface area contributed by atoms with Gasteiger partial charge in [-0.2, -0.15) is 5.10 Å². The Morgan fingerprint density at radius 2 is 1.94 bits per heavy atom. The molecule has 0 unspecified atom stereocenters. The number of rotatable bonds is 4. The molecule has 1 aliphatic rings. The summed E-state index contributed by atoms with van der Waals surface area (Å²) in [6.45, 7) is 2.33. The molecule has 156 valence electrons. The van der Waals surface area contributed by atoms with E-state index in [1.165, 1.54) is 16.0 Å². The van der Waals surface area contributed by atoms with Crippen LogP contribution in [0.5, 0.6) is 5.75 Å². The third-order valence-corrected chi connectivity index (χ3v) is 6.42. The molecule has 2 aromatic heterocycles. The van der Waals surface area contributed by atoms with Crippen molar-refractivity contribution in [3.63, 3.8) is 0 Å². The molecule has 0 saturated heterocycles. The van der Waals surface area contributed by atoms with Gasteiger partial charge in [0.25, 0.3) is 5.56 Å². The number of fused-ring (bicyclic) bond motifs is 2. The van der Waals surface area contributed by atoms with Crippen molar-refractivity contribution in [3.05, 3.63) is 69.5 Å². The van der Waals surface area contributed by atoms with Gasteiger partial charge in [0.05, 0.1) is 16.8 Å². The number of anilines is 1. The molecule has 0 bridgehead atoms. The fraction of sp³-hybridized carbons (Fsp3) is 0.217. The molecule has 0 N–H and O–H groups in total. The minimum atomic E-state index is -0.350. The number of para-hydroxylation sites is 1. The van der Waals surface area contributed by atoms with Crippen molar-refractivity contribution < 1.29 is 9.53 Å². The summed E-state index contributed by atoms with van der Waals surface area (Å²) in [6.07, 6.45) is 0.811. The lowest BCUT2D eigenvalue weighted by Gasteiger charge is -2.18. The molecule has 0 aliphatic carbocycles. The second kappa shape index (κ2) is 7.63. The van der Waals surface area contributed by atoms with E-state index in [9.17, 15) is 9.59 Å². The minimum Gasteiger partial charge on any atom is -0.497 e. The number of nitrogens with zero attached hydrogens (tertiary/aromatic N) is 4. The number of amides is 1. The van der Waals surface area contributed by atoms with Gasteiger partial charge in [0, 0.05) is 17.8 Å². The summed E-state index contributed by atoms with van der Waals surface area (Å²) in [5, 5.41) is 5.37. The first kappa shape index (κ1) is 19.4. The molecule has 5 rings (SSSR count). The first-order valence-corrected chi connectivity index (χ1v) is 10.8. The van der Waals surface area contributed by atoms with E-state index in [2.05, 4.69) is 10.1 Å². The zero-order valence-electron chi connectivity index (χ0n) is 17.2. The molecule has 4 aromatic rings. The predicted molar refractivity (Wildman–Crippen MR) is 121 cm³/mol. The molecular formula is C23H20N4O3S. The van der Waals surface area contributed by atoms with Gasteiger partial charge in [-0.3, -0.25) is 9.59 Å². The monoisotopic (exact) mass is 432 g/mol. The SMILES string of the molecule is COc1ccc(-c2nn(CC(=O)N3CCc4ccccc43)c(=O)c3nc(C)sc23)cc1. The van der Waals surface area contributed by atoms with E-state index in [0.717, 1.165) is 38.7 Å². The van der Waals surface area contributed by atoms with Gasteiger partial charge < -0.3 is 9.64 Å². The van der Waals surface area contributed by atoms with Crippen LogP contribution in [-0.4, -0.2) is 34.3 Å². The standard InChI is InChI=1S/C23H20N4O3S/c1-14-24-21-22(31-14)20(16-7-9-17(30-2)10-8-16)25-27(23(21)29)13-19(28)26-12-11-15-5-3-4-6-18(15)26/h3-10H,11-13H2,1-2H3. The summed E-state index contributed by atoms with van der Waals surface area (Å²) in [4.78, 5) is 32.3. The number of ether oxygens (including phenoxy) is 1. The number of methoxy groups -OCH3 is 1. The Morgan fingerprint density at radius 3 is 2.71 bits per heavy atom. The first-order chi connectivity index (χ1) is 15.0. The number of aromatic nitrogens is 3. The lowest BCUT2D eigenvalue weighted by molar-refractivity contribution is -0.119. The van der Waals surface area contributed by atoms with E-state index in [1.54, 1.807) is 12.0 Å².